The van der Waals surface area contributed by atoms with Crippen molar-refractivity contribution in [2.75, 3.05) is 0 Å². The highest BCUT2D eigenvalue weighted by atomic mass is 17.1. The molecule has 1 saturated heterocycles. The summed E-state index contributed by atoms with van der Waals surface area (Å²) in [6.07, 6.45) is 9.66. The summed E-state index contributed by atoms with van der Waals surface area (Å²) in [7, 11) is 0. The lowest BCUT2D eigenvalue weighted by Gasteiger charge is -2.60. The number of esters is 3. The van der Waals surface area contributed by atoms with Crippen molar-refractivity contribution in [3.63, 3.8) is 0 Å². The number of carbonyl (C=O) groups excluding carboxylic acids is 3. The average Bonchev–Trinajstić information content (AvgIpc) is 3.25. The van der Waals surface area contributed by atoms with Crippen molar-refractivity contribution in [1.82, 2.24) is 0 Å². The van der Waals surface area contributed by atoms with Gasteiger partial charge in [0.1, 0.15) is 12.2 Å². The highest BCUT2D eigenvalue weighted by Gasteiger charge is 2.71. The van der Waals surface area contributed by atoms with E-state index < -0.39 is 65.5 Å². The molecule has 1 spiro atoms. The average molecular weight is 617 g/mol. The van der Waals surface area contributed by atoms with Crippen LogP contribution in [-0.2, 0) is 38.2 Å². The second kappa shape index (κ2) is 15.3. The van der Waals surface area contributed by atoms with E-state index in [1.165, 1.54) is 26.0 Å². The van der Waals surface area contributed by atoms with Crippen LogP contribution in [0.4, 0.5) is 0 Å². The number of carbonyl (C=O) groups is 3. The Morgan fingerprint density at radius 3 is 2.45 bits per heavy atom. The smallest absolute Gasteiger partial charge is 0.331 e. The van der Waals surface area contributed by atoms with Crippen LogP contribution in [-0.4, -0.2) is 59.2 Å². The molecule has 3 rings (SSSR count). The topological polar surface area (TPSA) is 138 Å². The summed E-state index contributed by atoms with van der Waals surface area (Å²) in [6.45, 7) is 16.3. The van der Waals surface area contributed by atoms with Crippen LogP contribution < -0.4 is 0 Å². The minimum Gasteiger partial charge on any atom is -0.455 e. The first kappa shape index (κ1) is 35.4. The second-order valence-corrected chi connectivity index (χ2v) is 12.4. The lowest BCUT2D eigenvalue weighted by Crippen LogP contribution is -2.63. The molecule has 0 bridgehead atoms. The van der Waals surface area contributed by atoms with Crippen LogP contribution >= 0.6 is 0 Å². The van der Waals surface area contributed by atoms with E-state index in [9.17, 15) is 24.7 Å². The molecule has 10 nitrogen and oxygen atoms in total. The molecule has 244 valence electrons. The lowest BCUT2D eigenvalue weighted by molar-refractivity contribution is -0.287. The fraction of sp³-hybridized carbons (Fsp3) is 0.618. The van der Waals surface area contributed by atoms with E-state index in [1.54, 1.807) is 12.2 Å². The molecule has 1 aliphatic heterocycles. The van der Waals surface area contributed by atoms with Crippen molar-refractivity contribution in [2.24, 2.45) is 22.7 Å². The van der Waals surface area contributed by atoms with Crippen molar-refractivity contribution < 1.29 is 48.6 Å². The van der Waals surface area contributed by atoms with Crippen LogP contribution in [0.3, 0.4) is 0 Å². The second-order valence-electron chi connectivity index (χ2n) is 12.4. The van der Waals surface area contributed by atoms with Gasteiger partial charge in [0, 0.05) is 25.5 Å². The summed E-state index contributed by atoms with van der Waals surface area (Å²) >= 11 is 0. The van der Waals surface area contributed by atoms with Crippen molar-refractivity contribution in [1.29, 1.82) is 0 Å². The summed E-state index contributed by atoms with van der Waals surface area (Å²) in [4.78, 5) is 42.2. The van der Waals surface area contributed by atoms with Crippen LogP contribution in [0.5, 0.6) is 0 Å². The molecule has 2 aliphatic carbocycles. The lowest BCUT2D eigenvalue weighted by atomic mass is 9.44. The van der Waals surface area contributed by atoms with Crippen LogP contribution in [0.15, 0.2) is 60.8 Å². The van der Waals surface area contributed by atoms with Crippen LogP contribution in [0.25, 0.3) is 0 Å². The molecule has 9 atom stereocenters. The molecule has 1 heterocycles. The SMILES string of the molecule is C=CC(=C)[C@@H](C[C@]1(C)[C@H](C)CC(O)[C@@]23C(=C[C@@H](OC(=O)/C=C\C=C\CCCCC)C[C@H]12)[C@H](OC(C)=O)O[C@@H]3OC(C)=O)OO. The largest absolute Gasteiger partial charge is 0.455 e. The van der Waals surface area contributed by atoms with Gasteiger partial charge in [0.25, 0.3) is 0 Å². The van der Waals surface area contributed by atoms with E-state index in [0.717, 1.165) is 25.7 Å². The number of allylic oxidation sites excluding steroid dienone is 3. The first-order valence-corrected chi connectivity index (χ1v) is 15.4. The zero-order chi connectivity index (χ0) is 32.7. The van der Waals surface area contributed by atoms with Crippen LogP contribution in [0, 0.1) is 22.7 Å². The number of aliphatic hydroxyl groups is 1. The summed E-state index contributed by atoms with van der Waals surface area (Å²) in [5.74, 6) is -2.57. The summed E-state index contributed by atoms with van der Waals surface area (Å²) in [5.41, 5.74) is -1.25. The number of unbranched alkanes of at least 4 members (excludes halogenated alkanes) is 3. The monoisotopic (exact) mass is 616 g/mol. The molecule has 0 aromatic carbocycles. The fourth-order valence-electron chi connectivity index (χ4n) is 7.18. The zero-order valence-corrected chi connectivity index (χ0v) is 26.5. The molecular weight excluding hydrogens is 568 g/mol. The van der Waals surface area contributed by atoms with Crippen molar-refractivity contribution >= 4 is 17.9 Å². The molecule has 2 fully saturated rings. The van der Waals surface area contributed by atoms with Gasteiger partial charge in [-0.2, -0.15) is 0 Å². The Hall–Kier alpha value is -3.05. The van der Waals surface area contributed by atoms with Gasteiger partial charge < -0.3 is 19.3 Å². The Morgan fingerprint density at radius 2 is 1.84 bits per heavy atom. The van der Waals surface area contributed by atoms with E-state index in [2.05, 4.69) is 20.1 Å². The third kappa shape index (κ3) is 7.42. The van der Waals surface area contributed by atoms with E-state index in [1.807, 2.05) is 26.0 Å². The fourth-order valence-corrected chi connectivity index (χ4v) is 7.18. The highest BCUT2D eigenvalue weighted by Crippen LogP contribution is 2.67. The molecule has 0 aromatic heterocycles. The molecule has 1 saturated carbocycles. The number of hydrogen-bond donors (Lipinski definition) is 2. The summed E-state index contributed by atoms with van der Waals surface area (Å²) < 4.78 is 23.2. The van der Waals surface area contributed by atoms with Gasteiger partial charge in [0.2, 0.25) is 12.6 Å². The third-order valence-electron chi connectivity index (χ3n) is 9.55. The minimum absolute atomic E-state index is 0.150. The van der Waals surface area contributed by atoms with Gasteiger partial charge in [-0.1, -0.05) is 71.1 Å². The first-order valence-electron chi connectivity index (χ1n) is 15.4. The van der Waals surface area contributed by atoms with E-state index in [0.29, 0.717) is 11.1 Å². The molecule has 44 heavy (non-hydrogen) atoms. The van der Waals surface area contributed by atoms with Gasteiger partial charge >= 0.3 is 17.9 Å². The standard InChI is InChI=1S/C34H48O10/c1-8-10-11-12-13-14-15-16-30(38)42-25-18-26-31(40-23(5)35)43-32(41-24(6)36)34(26)28(19-25)33(7,22(4)17-29(34)37)20-27(44-39)21(3)9-2/h9,13-16,18,22,25,27-29,31-32,37,39H,2-3,8,10-12,17,19-20H2,1,4-7H3/b14-13+,16-15-/t22-,25-,27-,28-,29?,31-,32+,33-,34-/m1/s1. The van der Waals surface area contributed by atoms with E-state index in [-0.39, 0.29) is 25.2 Å². The zero-order valence-electron chi connectivity index (χ0n) is 26.5. The van der Waals surface area contributed by atoms with Gasteiger partial charge in [-0.15, -0.1) is 0 Å². The summed E-state index contributed by atoms with van der Waals surface area (Å²) in [6, 6.07) is 0. The number of rotatable bonds is 14. The van der Waals surface area contributed by atoms with Crippen LogP contribution in [0.1, 0.15) is 79.6 Å². The molecule has 0 amide bonds. The maximum Gasteiger partial charge on any atom is 0.331 e. The maximum absolute atomic E-state index is 12.9. The van der Waals surface area contributed by atoms with Crippen molar-refractivity contribution in [3.8, 4) is 0 Å². The normalized spacial score (nSPS) is 33.7. The highest BCUT2D eigenvalue weighted by molar-refractivity contribution is 5.82. The molecule has 1 unspecified atom stereocenters. The Bertz CT molecular complexity index is 1170. The predicted octanol–water partition coefficient (Wildman–Crippen LogP) is 5.73. The number of aliphatic hydroxyl groups excluding tert-OH is 1. The Kier molecular flexibility index (Phi) is 12.3. The van der Waals surface area contributed by atoms with Gasteiger partial charge in [-0.05, 0) is 61.0 Å². The molecule has 0 aromatic rings. The molecule has 3 aliphatic rings. The Labute approximate surface area is 260 Å². The maximum atomic E-state index is 12.9. The molecule has 0 radical (unpaired) electrons. The van der Waals surface area contributed by atoms with Crippen molar-refractivity contribution in [2.45, 2.75) is 110 Å². The van der Waals surface area contributed by atoms with Gasteiger partial charge in [0.15, 0.2) is 0 Å². The Morgan fingerprint density at radius 1 is 1.14 bits per heavy atom. The summed E-state index contributed by atoms with van der Waals surface area (Å²) in [5, 5.41) is 21.7. The van der Waals surface area contributed by atoms with Gasteiger partial charge in [-0.3, -0.25) is 19.6 Å². The van der Waals surface area contributed by atoms with Crippen molar-refractivity contribution in [3.05, 3.63) is 60.8 Å². The minimum atomic E-state index is -1.34. The third-order valence-corrected chi connectivity index (χ3v) is 9.55. The first-order chi connectivity index (χ1) is 20.8. The van der Waals surface area contributed by atoms with E-state index >= 15 is 0 Å². The van der Waals surface area contributed by atoms with Gasteiger partial charge in [-0.25, -0.2) is 9.68 Å². The quantitative estimate of drug-likeness (QED) is 0.0364. The van der Waals surface area contributed by atoms with E-state index in [4.69, 9.17) is 23.8 Å². The Balaban J connectivity index is 2.08. The number of hydrogen-bond acceptors (Lipinski definition) is 10. The predicted molar refractivity (Wildman–Crippen MR) is 162 cm³/mol. The molecule has 10 heteroatoms. The molecular formula is C34H48O10. The number of ether oxygens (including phenoxy) is 4. The van der Waals surface area contributed by atoms with Crippen LogP contribution in [0.2, 0.25) is 0 Å². The van der Waals surface area contributed by atoms with Gasteiger partial charge in [0.05, 0.1) is 11.5 Å². The molecule has 2 N–H and O–H groups in total.